The predicted octanol–water partition coefficient (Wildman–Crippen LogP) is 2.89. The number of carbonyl (C=O) groups excluding carboxylic acids is 1. The van der Waals surface area contributed by atoms with Crippen molar-refractivity contribution in [2.24, 2.45) is 16.0 Å². The second-order valence-electron chi connectivity index (χ2n) is 5.27. The Morgan fingerprint density at radius 3 is 2.36 bits per heavy atom. The average Bonchev–Trinajstić information content (AvgIpc) is 2.59. The number of phenolic OH excluding ortho intramolecular Hbond substituents is 2. The number of carboxylic acid groups (broad SMARTS) is 1. The van der Waals surface area contributed by atoms with Gasteiger partial charge in [-0.3, -0.25) is 9.59 Å². The summed E-state index contributed by atoms with van der Waals surface area (Å²) < 4.78 is 0. The van der Waals surface area contributed by atoms with Crippen molar-refractivity contribution >= 4 is 23.1 Å². The van der Waals surface area contributed by atoms with Crippen LogP contribution in [0.5, 0.6) is 11.5 Å². The summed E-state index contributed by atoms with van der Waals surface area (Å²) in [6, 6.07) is 9.35. The van der Waals surface area contributed by atoms with Crippen molar-refractivity contribution in [3.63, 3.8) is 0 Å². The zero-order chi connectivity index (χ0) is 18.4. The van der Waals surface area contributed by atoms with E-state index in [1.165, 1.54) is 30.3 Å². The number of carboxylic acids is 1. The first kappa shape index (κ1) is 18.1. The molecule has 0 radical (unpaired) electrons. The summed E-state index contributed by atoms with van der Waals surface area (Å²) in [5.74, 6) is -2.00. The average molecular weight is 343 g/mol. The van der Waals surface area contributed by atoms with Gasteiger partial charge in [0.2, 0.25) is 0 Å². The van der Waals surface area contributed by atoms with Gasteiger partial charge in [0.1, 0.15) is 22.9 Å². The number of phenols is 2. The van der Waals surface area contributed by atoms with Crippen molar-refractivity contribution < 1.29 is 24.9 Å². The fourth-order valence-corrected chi connectivity index (χ4v) is 2.10. The molecular weight excluding hydrogens is 326 g/mol. The maximum Gasteiger partial charge on any atom is 0.303 e. The highest BCUT2D eigenvalue weighted by Gasteiger charge is 2.21. The van der Waals surface area contributed by atoms with E-state index < -0.39 is 17.8 Å². The summed E-state index contributed by atoms with van der Waals surface area (Å²) in [4.78, 5) is 23.0. The van der Waals surface area contributed by atoms with Gasteiger partial charge in [-0.2, -0.15) is 0 Å². The number of hydrogen-bond acceptors (Lipinski definition) is 7. The largest absolute Gasteiger partial charge is 0.506 e. The second-order valence-corrected chi connectivity index (χ2v) is 5.27. The molecule has 0 amide bonds. The summed E-state index contributed by atoms with van der Waals surface area (Å²) in [5.41, 5.74) is 5.84. The van der Waals surface area contributed by atoms with E-state index in [4.69, 9.17) is 10.8 Å². The van der Waals surface area contributed by atoms with Crippen LogP contribution in [-0.2, 0) is 4.79 Å². The van der Waals surface area contributed by atoms with Crippen LogP contribution < -0.4 is 5.73 Å². The molecule has 2 rings (SSSR count). The minimum Gasteiger partial charge on any atom is -0.506 e. The fourth-order valence-electron chi connectivity index (χ4n) is 2.10. The van der Waals surface area contributed by atoms with Crippen LogP contribution in [0, 0.1) is 0 Å². The van der Waals surface area contributed by atoms with Gasteiger partial charge in [0.05, 0.1) is 11.6 Å². The molecule has 8 nitrogen and oxygen atoms in total. The molecule has 0 aliphatic carbocycles. The van der Waals surface area contributed by atoms with Crippen LogP contribution in [0.25, 0.3) is 0 Å². The van der Waals surface area contributed by atoms with Crippen LogP contribution in [0.4, 0.5) is 11.4 Å². The number of hydrogen-bond donors (Lipinski definition) is 4. The van der Waals surface area contributed by atoms with E-state index in [-0.39, 0.29) is 41.3 Å². The first-order chi connectivity index (χ1) is 11.9. The molecular formula is C17H17N3O5. The predicted molar refractivity (Wildman–Crippen MR) is 89.6 cm³/mol. The quantitative estimate of drug-likeness (QED) is 0.449. The van der Waals surface area contributed by atoms with Crippen LogP contribution >= 0.6 is 0 Å². The lowest BCUT2D eigenvalue weighted by Crippen LogP contribution is -2.31. The Morgan fingerprint density at radius 2 is 1.68 bits per heavy atom. The van der Waals surface area contributed by atoms with Gasteiger partial charge in [-0.1, -0.05) is 18.2 Å². The minimum atomic E-state index is -1.06. The molecule has 0 bridgehead atoms. The summed E-state index contributed by atoms with van der Waals surface area (Å²) >= 11 is 0. The topological polar surface area (TPSA) is 146 Å². The van der Waals surface area contributed by atoms with Crippen molar-refractivity contribution in [3.8, 4) is 11.5 Å². The van der Waals surface area contributed by atoms with E-state index >= 15 is 0 Å². The number of rotatable bonds is 7. The summed E-state index contributed by atoms with van der Waals surface area (Å²) in [5, 5.41) is 36.1. The van der Waals surface area contributed by atoms with Gasteiger partial charge in [-0.15, -0.1) is 10.2 Å². The monoisotopic (exact) mass is 343 g/mol. The highest BCUT2D eigenvalue weighted by atomic mass is 16.4. The minimum absolute atomic E-state index is 0.0251. The first-order valence-electron chi connectivity index (χ1n) is 7.43. The number of aliphatic carboxylic acids is 1. The number of nitrogens with two attached hydrogens (primary N) is 1. The molecule has 5 N–H and O–H groups in total. The van der Waals surface area contributed by atoms with Crippen molar-refractivity contribution in [1.82, 2.24) is 0 Å². The van der Waals surface area contributed by atoms with Gasteiger partial charge in [-0.05, 0) is 30.7 Å². The van der Waals surface area contributed by atoms with Gasteiger partial charge in [-0.25, -0.2) is 0 Å². The van der Waals surface area contributed by atoms with Crippen molar-refractivity contribution in [1.29, 1.82) is 0 Å². The van der Waals surface area contributed by atoms with Crippen LogP contribution in [0.2, 0.25) is 0 Å². The van der Waals surface area contributed by atoms with E-state index in [0.717, 1.165) is 0 Å². The summed E-state index contributed by atoms with van der Waals surface area (Å²) in [7, 11) is 0. The maximum atomic E-state index is 12.4. The Labute approximate surface area is 143 Å². The molecule has 2 aromatic carbocycles. The second kappa shape index (κ2) is 8.02. The zero-order valence-electron chi connectivity index (χ0n) is 13.2. The number of nitrogens with zero attached hydrogens (tertiary/aromatic N) is 2. The molecule has 0 unspecified atom stereocenters. The summed E-state index contributed by atoms with van der Waals surface area (Å²) in [6.07, 6.45) is -0.291. The zero-order valence-corrected chi connectivity index (χ0v) is 13.2. The molecule has 0 spiro atoms. The number of ketones is 1. The molecule has 0 saturated heterocycles. The Bertz CT molecular complexity index is 820. The van der Waals surface area contributed by atoms with Crippen LogP contribution in [0.3, 0.4) is 0 Å². The molecule has 2 aromatic rings. The molecule has 0 aromatic heterocycles. The molecule has 8 heteroatoms. The Hall–Kier alpha value is -3.26. The van der Waals surface area contributed by atoms with Gasteiger partial charge in [0, 0.05) is 6.42 Å². The standard InChI is InChI=1S/C17H17N3O5/c18-11(8-9-15(23)24)17(25)10-4-3-7-14(22)16(10)20-19-12-5-1-2-6-13(12)21/h1-7,11,21-22H,8-9,18H2,(H,23,24)/t11-/m0/s1. The van der Waals surface area contributed by atoms with E-state index in [9.17, 15) is 19.8 Å². The Morgan fingerprint density at radius 1 is 1.00 bits per heavy atom. The first-order valence-corrected chi connectivity index (χ1v) is 7.43. The van der Waals surface area contributed by atoms with Gasteiger partial charge in [0.15, 0.2) is 5.78 Å². The van der Waals surface area contributed by atoms with E-state index in [2.05, 4.69) is 10.2 Å². The Balaban J connectivity index is 2.32. The molecule has 1 atom stereocenters. The maximum absolute atomic E-state index is 12.4. The van der Waals surface area contributed by atoms with Gasteiger partial charge >= 0.3 is 5.97 Å². The molecule has 130 valence electrons. The van der Waals surface area contributed by atoms with E-state index in [1.54, 1.807) is 12.1 Å². The number of para-hydroxylation sites is 1. The van der Waals surface area contributed by atoms with E-state index in [1.807, 2.05) is 0 Å². The number of azo groups is 1. The number of aromatic hydroxyl groups is 2. The summed E-state index contributed by atoms with van der Waals surface area (Å²) in [6.45, 7) is 0. The third-order valence-electron chi connectivity index (χ3n) is 3.43. The smallest absolute Gasteiger partial charge is 0.303 e. The molecule has 0 aliphatic heterocycles. The molecule has 0 aliphatic rings. The van der Waals surface area contributed by atoms with Crippen molar-refractivity contribution in [2.75, 3.05) is 0 Å². The lowest BCUT2D eigenvalue weighted by atomic mass is 9.99. The van der Waals surface area contributed by atoms with Crippen LogP contribution in [-0.4, -0.2) is 33.1 Å². The molecule has 0 fully saturated rings. The molecule has 0 heterocycles. The highest BCUT2D eigenvalue weighted by Crippen LogP contribution is 2.34. The van der Waals surface area contributed by atoms with Crippen molar-refractivity contribution in [2.45, 2.75) is 18.9 Å². The molecule has 25 heavy (non-hydrogen) atoms. The van der Waals surface area contributed by atoms with Gasteiger partial charge in [0.25, 0.3) is 0 Å². The van der Waals surface area contributed by atoms with Crippen molar-refractivity contribution in [3.05, 3.63) is 48.0 Å². The highest BCUT2D eigenvalue weighted by molar-refractivity contribution is 6.05. The number of carbonyl (C=O) groups is 2. The lowest BCUT2D eigenvalue weighted by molar-refractivity contribution is -0.137. The SMILES string of the molecule is N[C@@H](CCC(=O)O)C(=O)c1cccc(O)c1N=Nc1ccccc1O. The van der Waals surface area contributed by atoms with E-state index in [0.29, 0.717) is 0 Å². The normalized spacial score (nSPS) is 12.2. The molecule has 0 saturated carbocycles. The third-order valence-corrected chi connectivity index (χ3v) is 3.43. The lowest BCUT2D eigenvalue weighted by Gasteiger charge is -2.11. The third kappa shape index (κ3) is 4.61. The van der Waals surface area contributed by atoms with Gasteiger partial charge < -0.3 is 21.1 Å². The van der Waals surface area contributed by atoms with Crippen LogP contribution in [0.15, 0.2) is 52.7 Å². The fraction of sp³-hybridized carbons (Fsp3) is 0.176. The number of benzene rings is 2. The van der Waals surface area contributed by atoms with Crippen LogP contribution in [0.1, 0.15) is 23.2 Å². The number of Topliss-reactive ketones (excluding diaryl/α,β-unsaturated/α-hetero) is 1. The Kier molecular flexibility index (Phi) is 5.80.